The van der Waals surface area contributed by atoms with E-state index in [4.69, 9.17) is 4.74 Å². The summed E-state index contributed by atoms with van der Waals surface area (Å²) in [6, 6.07) is -0.442. The number of aldehydes is 1. The van der Waals surface area contributed by atoms with E-state index in [1.165, 1.54) is 13.3 Å². The lowest BCUT2D eigenvalue weighted by Crippen LogP contribution is -2.28. The molecule has 0 saturated heterocycles. The number of hydrogen-bond acceptors (Lipinski definition) is 5. The summed E-state index contributed by atoms with van der Waals surface area (Å²) in [5, 5.41) is 5.27. The zero-order valence-electron chi connectivity index (χ0n) is 12.3. The van der Waals surface area contributed by atoms with Gasteiger partial charge in [0.25, 0.3) is 0 Å². The Bertz CT molecular complexity index is 660. The highest BCUT2D eigenvalue weighted by atomic mass is 16.5. The number of carbonyl (C=O) groups excluding carboxylic acids is 2. The fourth-order valence-corrected chi connectivity index (χ4v) is 1.77. The molecule has 1 aromatic heterocycles. The molecule has 7 nitrogen and oxygen atoms in total. The van der Waals surface area contributed by atoms with Gasteiger partial charge in [-0.05, 0) is 25.2 Å². The largest absolute Gasteiger partial charge is 0.501 e. The SMILES string of the molecule is COC1=CC(C=O)=CC=C(NC(=O)Nc2cnc(C)cn2)C1. The average Bonchev–Trinajstić information content (AvgIpc) is 2.71. The number of aryl methyl sites for hydroxylation is 1. The number of rotatable bonds is 4. The predicted molar refractivity (Wildman–Crippen MR) is 80.9 cm³/mol. The number of methoxy groups -OCH3 is 1. The monoisotopic (exact) mass is 300 g/mol. The van der Waals surface area contributed by atoms with Crippen molar-refractivity contribution in [1.82, 2.24) is 15.3 Å². The first kappa shape index (κ1) is 15.4. The van der Waals surface area contributed by atoms with Crippen LogP contribution in [-0.4, -0.2) is 29.4 Å². The Kier molecular flexibility index (Phi) is 5.02. The molecule has 0 fully saturated rings. The number of ether oxygens (including phenoxy) is 1. The Balaban J connectivity index is 2.03. The zero-order valence-corrected chi connectivity index (χ0v) is 12.3. The van der Waals surface area contributed by atoms with Crippen molar-refractivity contribution >= 4 is 18.1 Å². The van der Waals surface area contributed by atoms with Crippen molar-refractivity contribution < 1.29 is 14.3 Å². The van der Waals surface area contributed by atoms with Crippen LogP contribution in [0.2, 0.25) is 0 Å². The Morgan fingerprint density at radius 1 is 1.27 bits per heavy atom. The second kappa shape index (κ2) is 7.16. The van der Waals surface area contributed by atoms with Gasteiger partial charge in [0.15, 0.2) is 5.82 Å². The lowest BCUT2D eigenvalue weighted by Gasteiger charge is -2.11. The van der Waals surface area contributed by atoms with Crippen molar-refractivity contribution in [1.29, 1.82) is 0 Å². The molecule has 1 heterocycles. The number of nitrogens with one attached hydrogen (secondary N) is 2. The summed E-state index contributed by atoms with van der Waals surface area (Å²) in [5.41, 5.74) is 1.83. The molecule has 1 aromatic rings. The van der Waals surface area contributed by atoms with E-state index < -0.39 is 6.03 Å². The molecule has 0 bridgehead atoms. The topological polar surface area (TPSA) is 93.2 Å². The maximum absolute atomic E-state index is 11.9. The van der Waals surface area contributed by atoms with Gasteiger partial charge in [0.05, 0.1) is 25.2 Å². The molecule has 0 saturated carbocycles. The fraction of sp³-hybridized carbons (Fsp3) is 0.200. The quantitative estimate of drug-likeness (QED) is 0.828. The van der Waals surface area contributed by atoms with Crippen LogP contribution in [0.3, 0.4) is 0 Å². The summed E-state index contributed by atoms with van der Waals surface area (Å²) in [4.78, 5) is 30.9. The van der Waals surface area contributed by atoms with E-state index in [9.17, 15) is 9.59 Å². The van der Waals surface area contributed by atoms with Gasteiger partial charge in [-0.3, -0.25) is 15.1 Å². The van der Waals surface area contributed by atoms with Crippen molar-refractivity contribution in [2.75, 3.05) is 12.4 Å². The summed E-state index contributed by atoms with van der Waals surface area (Å²) < 4.78 is 5.17. The summed E-state index contributed by atoms with van der Waals surface area (Å²) in [7, 11) is 1.51. The molecule has 22 heavy (non-hydrogen) atoms. The molecule has 0 aliphatic heterocycles. The Labute approximate surface area is 127 Å². The van der Waals surface area contributed by atoms with Crippen molar-refractivity contribution in [3.05, 3.63) is 53.3 Å². The normalized spacial score (nSPS) is 14.0. The third-order valence-electron chi connectivity index (χ3n) is 2.86. The molecule has 7 heteroatoms. The molecule has 0 aromatic carbocycles. The Morgan fingerprint density at radius 3 is 2.73 bits per heavy atom. The van der Waals surface area contributed by atoms with Gasteiger partial charge in [-0.1, -0.05) is 0 Å². The van der Waals surface area contributed by atoms with Crippen LogP contribution in [0.25, 0.3) is 0 Å². The molecule has 2 amide bonds. The second-order valence-electron chi connectivity index (χ2n) is 4.59. The molecule has 0 atom stereocenters. The van der Waals surface area contributed by atoms with Gasteiger partial charge in [0.1, 0.15) is 12.0 Å². The van der Waals surface area contributed by atoms with Crippen LogP contribution in [0.4, 0.5) is 10.6 Å². The van der Waals surface area contributed by atoms with Gasteiger partial charge in [-0.25, -0.2) is 9.78 Å². The molecule has 1 aliphatic rings. The molecule has 1 aliphatic carbocycles. The van der Waals surface area contributed by atoms with Crippen LogP contribution < -0.4 is 10.6 Å². The number of allylic oxidation sites excluding steroid dienone is 4. The molecule has 0 radical (unpaired) electrons. The first-order chi connectivity index (χ1) is 10.6. The molecule has 0 spiro atoms. The van der Waals surface area contributed by atoms with Crippen molar-refractivity contribution in [2.24, 2.45) is 0 Å². The molecule has 2 N–H and O–H groups in total. The molecule has 114 valence electrons. The minimum absolute atomic E-state index is 0.351. The number of amides is 2. The lowest BCUT2D eigenvalue weighted by atomic mass is 10.2. The van der Waals surface area contributed by atoms with Crippen LogP contribution >= 0.6 is 0 Å². The summed E-state index contributed by atoms with van der Waals surface area (Å²) in [6.45, 7) is 1.81. The van der Waals surface area contributed by atoms with Crippen LogP contribution in [0.1, 0.15) is 12.1 Å². The first-order valence-electron chi connectivity index (χ1n) is 6.58. The Hall–Kier alpha value is -2.96. The highest BCUT2D eigenvalue weighted by Crippen LogP contribution is 2.16. The van der Waals surface area contributed by atoms with Crippen molar-refractivity contribution in [2.45, 2.75) is 13.3 Å². The van der Waals surface area contributed by atoms with Gasteiger partial charge in [0.2, 0.25) is 0 Å². The number of hydrogen-bond donors (Lipinski definition) is 2. The van der Waals surface area contributed by atoms with E-state index in [-0.39, 0.29) is 0 Å². The minimum atomic E-state index is -0.442. The van der Waals surface area contributed by atoms with Gasteiger partial charge >= 0.3 is 6.03 Å². The molecule has 0 unspecified atom stereocenters. The molecular weight excluding hydrogens is 284 g/mol. The van der Waals surface area contributed by atoms with E-state index in [0.717, 1.165) is 12.0 Å². The van der Waals surface area contributed by atoms with E-state index in [2.05, 4.69) is 20.6 Å². The standard InChI is InChI=1S/C15H16N4O3/c1-10-7-17-14(8-16-10)19-15(21)18-12-4-3-11(9-20)5-13(6-12)22-2/h3-5,7-9H,6H2,1-2H3,(H2,17,18,19,21). The van der Waals surface area contributed by atoms with Crippen molar-refractivity contribution in [3.8, 4) is 0 Å². The molecule has 2 rings (SSSR count). The van der Waals surface area contributed by atoms with Crippen LogP contribution in [-0.2, 0) is 9.53 Å². The van der Waals surface area contributed by atoms with Crippen LogP contribution in [0.5, 0.6) is 0 Å². The average molecular weight is 300 g/mol. The number of carbonyl (C=O) groups is 2. The maximum Gasteiger partial charge on any atom is 0.324 e. The molecular formula is C15H16N4O3. The first-order valence-corrected chi connectivity index (χ1v) is 6.58. The highest BCUT2D eigenvalue weighted by Gasteiger charge is 2.11. The van der Waals surface area contributed by atoms with Gasteiger partial charge in [-0.15, -0.1) is 0 Å². The van der Waals surface area contributed by atoms with E-state index >= 15 is 0 Å². The Morgan fingerprint density at radius 2 is 2.09 bits per heavy atom. The minimum Gasteiger partial charge on any atom is -0.501 e. The zero-order chi connectivity index (χ0) is 15.9. The van der Waals surface area contributed by atoms with Gasteiger partial charge < -0.3 is 10.1 Å². The summed E-state index contributed by atoms with van der Waals surface area (Å²) in [5.74, 6) is 0.932. The van der Waals surface area contributed by atoms with Gasteiger partial charge in [-0.2, -0.15) is 0 Å². The van der Waals surface area contributed by atoms with Crippen LogP contribution in [0, 0.1) is 6.92 Å². The number of urea groups is 1. The van der Waals surface area contributed by atoms with E-state index in [0.29, 0.717) is 29.3 Å². The van der Waals surface area contributed by atoms with Crippen LogP contribution in [0.15, 0.2) is 47.7 Å². The van der Waals surface area contributed by atoms with Crippen molar-refractivity contribution in [3.63, 3.8) is 0 Å². The maximum atomic E-state index is 11.9. The fourth-order valence-electron chi connectivity index (χ4n) is 1.77. The summed E-state index contributed by atoms with van der Waals surface area (Å²) in [6.07, 6.45) is 9.03. The number of nitrogens with zero attached hydrogens (tertiary/aromatic N) is 2. The lowest BCUT2D eigenvalue weighted by molar-refractivity contribution is -0.104. The number of aromatic nitrogens is 2. The summed E-state index contributed by atoms with van der Waals surface area (Å²) >= 11 is 0. The van der Waals surface area contributed by atoms with E-state index in [1.807, 2.05) is 6.92 Å². The second-order valence-corrected chi connectivity index (χ2v) is 4.59. The number of anilines is 1. The highest BCUT2D eigenvalue weighted by molar-refractivity contribution is 5.89. The smallest absolute Gasteiger partial charge is 0.324 e. The third kappa shape index (κ3) is 4.27. The predicted octanol–water partition coefficient (Wildman–Crippen LogP) is 1.85. The third-order valence-corrected chi connectivity index (χ3v) is 2.86. The van der Waals surface area contributed by atoms with Gasteiger partial charge in [0, 0.05) is 17.7 Å². The van der Waals surface area contributed by atoms with E-state index in [1.54, 1.807) is 24.4 Å².